The van der Waals surface area contributed by atoms with Crippen LogP contribution < -0.4 is 5.32 Å². The third-order valence-electron chi connectivity index (χ3n) is 3.46. The Hall–Kier alpha value is -0.0800. The quantitative estimate of drug-likeness (QED) is 0.387. The van der Waals surface area contributed by atoms with E-state index < -0.39 is 0 Å². The largest absolute Gasteiger partial charge is 0.391 e. The number of hydrogen-bond donors (Lipinski definition) is 2. The second kappa shape index (κ2) is 11.6. The molecular formula is C14H31IN4O. The van der Waals surface area contributed by atoms with Crippen LogP contribution in [0.2, 0.25) is 0 Å². The number of likely N-dealkylation sites (tertiary alicyclic amines) is 1. The van der Waals surface area contributed by atoms with Gasteiger partial charge in [-0.3, -0.25) is 4.99 Å². The summed E-state index contributed by atoms with van der Waals surface area (Å²) in [6, 6.07) is 0. The lowest BCUT2D eigenvalue weighted by molar-refractivity contribution is 0.187. The molecule has 0 radical (unpaired) electrons. The molecule has 0 bridgehead atoms. The number of β-amino-alcohol motifs (C(OH)–C–C–N with tert-alkyl or cyclic N) is 1. The lowest BCUT2D eigenvalue weighted by Crippen LogP contribution is -2.41. The molecule has 0 aliphatic carbocycles. The number of hydrogen-bond acceptors (Lipinski definition) is 3. The molecule has 0 aromatic rings. The van der Waals surface area contributed by atoms with Gasteiger partial charge in [0.15, 0.2) is 5.96 Å². The first-order chi connectivity index (χ1) is 9.21. The van der Waals surface area contributed by atoms with Gasteiger partial charge in [0, 0.05) is 26.2 Å². The molecule has 5 nitrogen and oxygen atoms in total. The van der Waals surface area contributed by atoms with Gasteiger partial charge in [0.25, 0.3) is 0 Å². The van der Waals surface area contributed by atoms with E-state index in [2.05, 4.69) is 40.9 Å². The van der Waals surface area contributed by atoms with Gasteiger partial charge < -0.3 is 20.2 Å². The third-order valence-corrected chi connectivity index (χ3v) is 3.46. The van der Waals surface area contributed by atoms with Crippen LogP contribution in [-0.2, 0) is 0 Å². The first-order valence-corrected chi connectivity index (χ1v) is 7.64. The fraction of sp³-hybridized carbons (Fsp3) is 0.929. The molecule has 1 saturated heterocycles. The number of aliphatic hydroxyl groups excluding tert-OH is 1. The van der Waals surface area contributed by atoms with Crippen molar-refractivity contribution >= 4 is 29.9 Å². The first kappa shape index (κ1) is 19.9. The minimum absolute atomic E-state index is 0. The van der Waals surface area contributed by atoms with E-state index in [0.717, 1.165) is 51.6 Å². The first-order valence-electron chi connectivity index (χ1n) is 7.64. The molecule has 0 saturated carbocycles. The predicted molar refractivity (Wildman–Crippen MR) is 96.0 cm³/mol. The molecule has 0 unspecified atom stereocenters. The molecule has 1 fully saturated rings. The average Bonchev–Trinajstić information content (AvgIpc) is 2.83. The zero-order valence-electron chi connectivity index (χ0n) is 13.1. The summed E-state index contributed by atoms with van der Waals surface area (Å²) in [6.07, 6.45) is 1.84. The molecule has 0 aromatic carbocycles. The molecule has 1 heterocycles. The predicted octanol–water partition coefficient (Wildman–Crippen LogP) is 1.37. The highest BCUT2D eigenvalue weighted by Gasteiger charge is 2.22. The van der Waals surface area contributed by atoms with Crippen LogP contribution in [0.1, 0.15) is 33.6 Å². The molecule has 2 N–H and O–H groups in total. The number of rotatable bonds is 7. The van der Waals surface area contributed by atoms with Crippen LogP contribution in [0, 0.1) is 0 Å². The smallest absolute Gasteiger partial charge is 0.194 e. The normalized spacial score (nSPS) is 19.4. The fourth-order valence-corrected chi connectivity index (χ4v) is 2.40. The van der Waals surface area contributed by atoms with E-state index in [9.17, 15) is 5.11 Å². The van der Waals surface area contributed by atoms with Crippen LogP contribution in [-0.4, -0.2) is 72.8 Å². The number of nitrogens with one attached hydrogen (secondary N) is 1. The van der Waals surface area contributed by atoms with Crippen molar-refractivity contribution in [2.75, 3.05) is 45.8 Å². The van der Waals surface area contributed by atoms with Gasteiger partial charge in [-0.15, -0.1) is 24.0 Å². The maximum atomic E-state index is 9.61. The molecule has 1 rings (SSSR count). The molecule has 0 spiro atoms. The van der Waals surface area contributed by atoms with E-state index in [-0.39, 0.29) is 30.1 Å². The highest BCUT2D eigenvalue weighted by Crippen LogP contribution is 2.08. The monoisotopic (exact) mass is 398 g/mol. The van der Waals surface area contributed by atoms with E-state index in [0.29, 0.717) is 6.54 Å². The minimum Gasteiger partial charge on any atom is -0.391 e. The Morgan fingerprint density at radius 3 is 2.60 bits per heavy atom. The highest BCUT2D eigenvalue weighted by molar-refractivity contribution is 14.0. The number of nitrogens with zero attached hydrogens (tertiary/aromatic N) is 3. The van der Waals surface area contributed by atoms with Gasteiger partial charge in [-0.1, -0.05) is 13.8 Å². The summed E-state index contributed by atoms with van der Waals surface area (Å²) in [4.78, 5) is 9.26. The topological polar surface area (TPSA) is 51.1 Å². The Balaban J connectivity index is 0.00000361. The van der Waals surface area contributed by atoms with E-state index in [4.69, 9.17) is 0 Å². The second-order valence-corrected chi connectivity index (χ2v) is 5.06. The van der Waals surface area contributed by atoms with E-state index >= 15 is 0 Å². The van der Waals surface area contributed by atoms with Crippen LogP contribution in [0.3, 0.4) is 0 Å². The van der Waals surface area contributed by atoms with Crippen LogP contribution >= 0.6 is 24.0 Å². The Bertz CT molecular complexity index is 276. The van der Waals surface area contributed by atoms with Gasteiger partial charge in [-0.2, -0.15) is 0 Å². The maximum Gasteiger partial charge on any atom is 0.194 e. The van der Waals surface area contributed by atoms with Gasteiger partial charge in [-0.05, 0) is 32.9 Å². The Morgan fingerprint density at radius 1 is 1.35 bits per heavy atom. The van der Waals surface area contributed by atoms with Gasteiger partial charge in [-0.25, -0.2) is 0 Å². The zero-order valence-corrected chi connectivity index (χ0v) is 15.5. The number of aliphatic hydroxyl groups is 1. The minimum atomic E-state index is -0.198. The average molecular weight is 398 g/mol. The Labute approximate surface area is 140 Å². The molecule has 6 heteroatoms. The van der Waals surface area contributed by atoms with Crippen molar-refractivity contribution < 1.29 is 5.11 Å². The van der Waals surface area contributed by atoms with Gasteiger partial charge >= 0.3 is 0 Å². The molecule has 120 valence electrons. The third kappa shape index (κ3) is 7.08. The number of halogens is 1. The van der Waals surface area contributed by atoms with Crippen molar-refractivity contribution in [1.82, 2.24) is 15.1 Å². The van der Waals surface area contributed by atoms with Crippen LogP contribution in [0.5, 0.6) is 0 Å². The number of likely N-dealkylation sites (N-methyl/N-ethyl adjacent to an activating group) is 1. The summed E-state index contributed by atoms with van der Waals surface area (Å²) in [5.74, 6) is 0.951. The van der Waals surface area contributed by atoms with Crippen molar-refractivity contribution in [2.24, 2.45) is 4.99 Å². The summed E-state index contributed by atoms with van der Waals surface area (Å²) < 4.78 is 0. The zero-order chi connectivity index (χ0) is 14.1. The molecule has 1 atom stereocenters. The van der Waals surface area contributed by atoms with E-state index in [1.54, 1.807) is 0 Å². The van der Waals surface area contributed by atoms with Crippen molar-refractivity contribution in [3.05, 3.63) is 0 Å². The van der Waals surface area contributed by atoms with Crippen molar-refractivity contribution in [2.45, 2.75) is 39.7 Å². The van der Waals surface area contributed by atoms with Gasteiger partial charge in [0.05, 0.1) is 12.6 Å². The number of guanidine groups is 1. The molecule has 1 aliphatic heterocycles. The summed E-state index contributed by atoms with van der Waals surface area (Å²) in [5, 5.41) is 12.9. The SMILES string of the molecule is CCCN(CC)CCN=C(NCC)N1CC[C@@H](O)C1.I. The maximum absolute atomic E-state index is 9.61. The van der Waals surface area contributed by atoms with E-state index in [1.165, 1.54) is 6.42 Å². The van der Waals surface area contributed by atoms with Gasteiger partial charge in [0.2, 0.25) is 0 Å². The summed E-state index contributed by atoms with van der Waals surface area (Å²) in [7, 11) is 0. The Kier molecular flexibility index (Phi) is 11.5. The Morgan fingerprint density at radius 2 is 2.10 bits per heavy atom. The standard InChI is InChI=1S/C14H30N4O.HI/c1-4-9-17(6-3)11-8-16-14(15-5-2)18-10-7-13(19)12-18;/h13,19H,4-12H2,1-3H3,(H,15,16);1H/t13-;/m1./s1. The van der Waals surface area contributed by atoms with Crippen LogP contribution in [0.25, 0.3) is 0 Å². The molecule has 20 heavy (non-hydrogen) atoms. The van der Waals surface area contributed by atoms with Crippen molar-refractivity contribution in [3.8, 4) is 0 Å². The molecule has 1 aliphatic rings. The van der Waals surface area contributed by atoms with Crippen molar-refractivity contribution in [1.29, 1.82) is 0 Å². The van der Waals surface area contributed by atoms with Crippen LogP contribution in [0.15, 0.2) is 4.99 Å². The van der Waals surface area contributed by atoms with Crippen LogP contribution in [0.4, 0.5) is 0 Å². The fourth-order valence-electron chi connectivity index (χ4n) is 2.40. The molecule has 0 aromatic heterocycles. The second-order valence-electron chi connectivity index (χ2n) is 5.06. The summed E-state index contributed by atoms with van der Waals surface area (Å²) >= 11 is 0. The van der Waals surface area contributed by atoms with Crippen molar-refractivity contribution in [3.63, 3.8) is 0 Å². The highest BCUT2D eigenvalue weighted by atomic mass is 127. The lowest BCUT2D eigenvalue weighted by atomic mass is 10.3. The van der Waals surface area contributed by atoms with E-state index in [1.807, 2.05) is 0 Å². The lowest BCUT2D eigenvalue weighted by Gasteiger charge is -2.22. The molecule has 0 amide bonds. The summed E-state index contributed by atoms with van der Waals surface area (Å²) in [5.41, 5.74) is 0. The summed E-state index contributed by atoms with van der Waals surface area (Å²) in [6.45, 7) is 13.0. The van der Waals surface area contributed by atoms with Gasteiger partial charge in [0.1, 0.15) is 0 Å². The number of aliphatic imine (C=N–C) groups is 1. The molecular weight excluding hydrogens is 367 g/mol.